The standard InChI is InChI=1S/C11H7N3O5/c15-10(16)3-4-13-6-12-9-2-1-7(14(18)19)5-8(9)11(13)17/h1-6H,(H,15,16)/b4-3+. The van der Waals surface area contributed by atoms with E-state index in [1.807, 2.05) is 0 Å². The fraction of sp³-hybridized carbons (Fsp3) is 0. The molecular formula is C11H7N3O5. The zero-order valence-corrected chi connectivity index (χ0v) is 9.39. The van der Waals surface area contributed by atoms with Crippen LogP contribution in [-0.2, 0) is 4.79 Å². The lowest BCUT2D eigenvalue weighted by atomic mass is 10.2. The molecule has 96 valence electrons. The van der Waals surface area contributed by atoms with Gasteiger partial charge in [-0.25, -0.2) is 9.78 Å². The van der Waals surface area contributed by atoms with Crippen LogP contribution in [0.1, 0.15) is 0 Å². The first-order valence-electron chi connectivity index (χ1n) is 5.05. The van der Waals surface area contributed by atoms with E-state index in [1.54, 1.807) is 0 Å². The Bertz CT molecular complexity index is 763. The highest BCUT2D eigenvalue weighted by molar-refractivity contribution is 5.84. The van der Waals surface area contributed by atoms with E-state index in [1.165, 1.54) is 12.1 Å². The van der Waals surface area contributed by atoms with E-state index >= 15 is 0 Å². The molecule has 8 nitrogen and oxygen atoms in total. The van der Waals surface area contributed by atoms with E-state index in [0.29, 0.717) is 5.52 Å². The van der Waals surface area contributed by atoms with Crippen molar-refractivity contribution in [1.29, 1.82) is 0 Å². The van der Waals surface area contributed by atoms with E-state index in [9.17, 15) is 19.7 Å². The lowest BCUT2D eigenvalue weighted by Crippen LogP contribution is -2.16. The summed E-state index contributed by atoms with van der Waals surface area (Å²) in [5.74, 6) is -1.22. The molecule has 1 aromatic carbocycles. The summed E-state index contributed by atoms with van der Waals surface area (Å²) >= 11 is 0. The Morgan fingerprint density at radius 3 is 2.84 bits per heavy atom. The van der Waals surface area contributed by atoms with Gasteiger partial charge >= 0.3 is 5.97 Å². The lowest BCUT2D eigenvalue weighted by molar-refractivity contribution is -0.384. The number of benzene rings is 1. The minimum absolute atomic E-state index is 0.0479. The van der Waals surface area contributed by atoms with Crippen LogP contribution in [0.2, 0.25) is 0 Å². The molecule has 0 spiro atoms. The number of nitrogens with zero attached hydrogens (tertiary/aromatic N) is 3. The molecule has 0 saturated heterocycles. The van der Waals surface area contributed by atoms with Crippen molar-refractivity contribution in [3.05, 3.63) is 51.1 Å². The van der Waals surface area contributed by atoms with Gasteiger partial charge in [0, 0.05) is 24.4 Å². The Morgan fingerprint density at radius 1 is 1.47 bits per heavy atom. The topological polar surface area (TPSA) is 115 Å². The second kappa shape index (κ2) is 4.69. The number of fused-ring (bicyclic) bond motifs is 1. The van der Waals surface area contributed by atoms with Gasteiger partial charge in [0.15, 0.2) is 0 Å². The van der Waals surface area contributed by atoms with E-state index in [2.05, 4.69) is 4.98 Å². The van der Waals surface area contributed by atoms with Gasteiger partial charge < -0.3 is 5.11 Å². The Morgan fingerprint density at radius 2 is 2.21 bits per heavy atom. The number of carboxylic acid groups (broad SMARTS) is 1. The maximum absolute atomic E-state index is 12.0. The molecule has 1 heterocycles. The van der Waals surface area contributed by atoms with Crippen LogP contribution in [0.5, 0.6) is 0 Å². The maximum atomic E-state index is 12.0. The molecule has 0 bridgehead atoms. The zero-order valence-electron chi connectivity index (χ0n) is 9.39. The van der Waals surface area contributed by atoms with E-state index in [4.69, 9.17) is 5.11 Å². The molecule has 0 radical (unpaired) electrons. The van der Waals surface area contributed by atoms with Crippen molar-refractivity contribution in [3.8, 4) is 0 Å². The molecule has 8 heteroatoms. The molecule has 0 aliphatic heterocycles. The fourth-order valence-electron chi connectivity index (χ4n) is 1.49. The molecule has 1 N–H and O–H groups in total. The Labute approximate surface area is 105 Å². The number of hydrogen-bond donors (Lipinski definition) is 1. The Hall–Kier alpha value is -3.03. The molecule has 2 aromatic rings. The normalized spacial score (nSPS) is 10.9. The summed E-state index contributed by atoms with van der Waals surface area (Å²) in [6, 6.07) is 3.71. The van der Waals surface area contributed by atoms with Crippen LogP contribution in [-0.4, -0.2) is 25.6 Å². The molecular weight excluding hydrogens is 254 g/mol. The van der Waals surface area contributed by atoms with Gasteiger partial charge in [0.25, 0.3) is 11.2 Å². The number of rotatable bonds is 3. The summed E-state index contributed by atoms with van der Waals surface area (Å²) in [6.45, 7) is 0. The third kappa shape index (κ3) is 2.46. The average Bonchev–Trinajstić information content (AvgIpc) is 2.37. The average molecular weight is 261 g/mol. The Balaban J connectivity index is 2.65. The first-order valence-corrected chi connectivity index (χ1v) is 5.05. The second-order valence-electron chi connectivity index (χ2n) is 3.57. The minimum Gasteiger partial charge on any atom is -0.478 e. The zero-order chi connectivity index (χ0) is 14.0. The highest BCUT2D eigenvalue weighted by atomic mass is 16.6. The van der Waals surface area contributed by atoms with Crippen molar-refractivity contribution in [1.82, 2.24) is 9.55 Å². The van der Waals surface area contributed by atoms with Crippen molar-refractivity contribution in [2.75, 3.05) is 0 Å². The summed E-state index contributed by atoms with van der Waals surface area (Å²) in [4.78, 5) is 36.3. The van der Waals surface area contributed by atoms with E-state index < -0.39 is 16.5 Å². The third-order valence-corrected chi connectivity index (χ3v) is 2.35. The number of carbonyl (C=O) groups is 1. The fourth-order valence-corrected chi connectivity index (χ4v) is 1.49. The lowest BCUT2D eigenvalue weighted by Gasteiger charge is -2.00. The largest absolute Gasteiger partial charge is 0.478 e. The number of aliphatic carboxylic acids is 1. The Kier molecular flexibility index (Phi) is 3.06. The quantitative estimate of drug-likeness (QED) is 0.497. The third-order valence-electron chi connectivity index (χ3n) is 2.35. The van der Waals surface area contributed by atoms with Gasteiger partial charge in [0.05, 0.1) is 15.8 Å². The van der Waals surface area contributed by atoms with Crippen LogP contribution >= 0.6 is 0 Å². The van der Waals surface area contributed by atoms with Gasteiger partial charge in [-0.1, -0.05) is 0 Å². The molecule has 1 aromatic heterocycles. The number of non-ortho nitro benzene ring substituents is 1. The predicted molar refractivity (Wildman–Crippen MR) is 65.6 cm³/mol. The van der Waals surface area contributed by atoms with E-state index in [0.717, 1.165) is 29.2 Å². The number of carboxylic acids is 1. The molecule has 0 amide bonds. The van der Waals surface area contributed by atoms with Crippen molar-refractivity contribution in [2.45, 2.75) is 0 Å². The van der Waals surface area contributed by atoms with Crippen LogP contribution in [0, 0.1) is 10.1 Å². The van der Waals surface area contributed by atoms with Crippen LogP contribution in [0.15, 0.2) is 35.4 Å². The van der Waals surface area contributed by atoms with Gasteiger partial charge in [-0.15, -0.1) is 0 Å². The van der Waals surface area contributed by atoms with Gasteiger partial charge in [-0.3, -0.25) is 19.5 Å². The number of aromatic nitrogens is 2. The summed E-state index contributed by atoms with van der Waals surface area (Å²) in [7, 11) is 0. The number of nitro benzene ring substituents is 1. The molecule has 0 fully saturated rings. The number of hydrogen-bond acceptors (Lipinski definition) is 5. The molecule has 2 rings (SSSR count). The van der Waals surface area contributed by atoms with Gasteiger partial charge in [0.1, 0.15) is 6.33 Å². The molecule has 0 saturated carbocycles. The smallest absolute Gasteiger partial charge is 0.329 e. The van der Waals surface area contributed by atoms with Crippen LogP contribution < -0.4 is 5.56 Å². The molecule has 0 atom stereocenters. The van der Waals surface area contributed by atoms with Crippen molar-refractivity contribution < 1.29 is 14.8 Å². The van der Waals surface area contributed by atoms with Gasteiger partial charge in [-0.2, -0.15) is 0 Å². The molecule has 0 aliphatic carbocycles. The summed E-state index contributed by atoms with van der Waals surface area (Å²) in [5, 5.41) is 19.2. The maximum Gasteiger partial charge on any atom is 0.329 e. The minimum atomic E-state index is -1.22. The van der Waals surface area contributed by atoms with Gasteiger partial charge in [-0.05, 0) is 6.07 Å². The summed E-state index contributed by atoms with van der Waals surface area (Å²) < 4.78 is 0.945. The van der Waals surface area contributed by atoms with Gasteiger partial charge in [0.2, 0.25) is 0 Å². The highest BCUT2D eigenvalue weighted by Gasteiger charge is 2.10. The van der Waals surface area contributed by atoms with Crippen LogP contribution in [0.3, 0.4) is 0 Å². The number of nitro groups is 1. The van der Waals surface area contributed by atoms with Crippen molar-refractivity contribution in [2.24, 2.45) is 0 Å². The first-order chi connectivity index (χ1) is 8.99. The molecule has 19 heavy (non-hydrogen) atoms. The van der Waals surface area contributed by atoms with E-state index in [-0.39, 0.29) is 11.1 Å². The molecule has 0 aliphatic rings. The molecule has 0 unspecified atom stereocenters. The SMILES string of the molecule is O=C(O)/C=C/n1cnc2ccc([N+](=O)[O-])cc2c1=O. The van der Waals surface area contributed by atoms with Crippen molar-refractivity contribution >= 4 is 28.8 Å². The first kappa shape index (κ1) is 12.4. The van der Waals surface area contributed by atoms with Crippen LogP contribution in [0.4, 0.5) is 5.69 Å². The van der Waals surface area contributed by atoms with Crippen molar-refractivity contribution in [3.63, 3.8) is 0 Å². The summed E-state index contributed by atoms with van der Waals surface area (Å²) in [5.41, 5.74) is -0.506. The van der Waals surface area contributed by atoms with Crippen LogP contribution in [0.25, 0.3) is 17.1 Å². The monoisotopic (exact) mass is 261 g/mol. The summed E-state index contributed by atoms with van der Waals surface area (Å²) in [6.07, 6.45) is 2.94. The highest BCUT2D eigenvalue weighted by Crippen LogP contribution is 2.16. The second-order valence-corrected chi connectivity index (χ2v) is 3.57. The predicted octanol–water partition coefficient (Wildman–Crippen LogP) is 0.860.